The van der Waals surface area contributed by atoms with Gasteiger partial charge in [0.2, 0.25) is 0 Å². The highest BCUT2D eigenvalue weighted by atomic mass is 79.9. The van der Waals surface area contributed by atoms with Gasteiger partial charge < -0.3 is 9.30 Å². The molecule has 0 spiro atoms. The Morgan fingerprint density at radius 3 is 2.48 bits per heavy atom. The molecule has 0 fully saturated rings. The molecule has 0 saturated heterocycles. The molecule has 0 bridgehead atoms. The number of nitrogens with zero attached hydrogens (tertiary/aromatic N) is 2. The molecule has 0 amide bonds. The number of halogens is 1. The first-order valence-electron chi connectivity index (χ1n) is 6.06. The van der Waals surface area contributed by atoms with E-state index in [4.69, 9.17) is 4.74 Å². The van der Waals surface area contributed by atoms with Crippen LogP contribution in [0.15, 0.2) is 33.8 Å². The minimum atomic E-state index is -0.452. The Morgan fingerprint density at radius 2 is 2.00 bits per heavy atom. The van der Waals surface area contributed by atoms with Crippen molar-refractivity contribution >= 4 is 33.7 Å². The first-order valence-corrected chi connectivity index (χ1v) is 8.07. The van der Waals surface area contributed by atoms with Gasteiger partial charge in [-0.05, 0) is 24.0 Å². The van der Waals surface area contributed by atoms with Crippen molar-refractivity contribution in [3.05, 3.63) is 40.0 Å². The molecule has 0 atom stereocenters. The maximum atomic E-state index is 12.1. The van der Waals surface area contributed by atoms with Gasteiger partial charge in [-0.25, -0.2) is 4.79 Å². The van der Waals surface area contributed by atoms with E-state index in [0.717, 1.165) is 15.1 Å². The van der Waals surface area contributed by atoms with Crippen molar-refractivity contribution in [2.75, 3.05) is 13.4 Å². The Bertz CT molecular complexity index is 730. The van der Waals surface area contributed by atoms with E-state index in [1.165, 1.54) is 18.9 Å². The predicted octanol–water partition coefficient (Wildman–Crippen LogP) is 3.83. The number of hydrogen-bond acceptors (Lipinski definition) is 4. The monoisotopic (exact) mass is 364 g/mol. The van der Waals surface area contributed by atoms with Crippen molar-refractivity contribution < 1.29 is 9.53 Å². The zero-order valence-corrected chi connectivity index (χ0v) is 14.2. The number of carbonyl (C=O) groups excluding carboxylic acids is 1. The normalized spacial score (nSPS) is 10.2. The molecule has 0 aliphatic rings. The molecule has 2 aromatic rings. The number of methoxy groups -OCH3 is 1. The molecular formula is C15H13BrN2O2S. The summed E-state index contributed by atoms with van der Waals surface area (Å²) in [5.74, 6) is -0.452. The molecule has 2 rings (SSSR count). The van der Waals surface area contributed by atoms with Gasteiger partial charge in [0.05, 0.1) is 17.7 Å². The molecule has 0 radical (unpaired) electrons. The maximum absolute atomic E-state index is 12.1. The van der Waals surface area contributed by atoms with Crippen molar-refractivity contribution in [3.63, 3.8) is 0 Å². The van der Waals surface area contributed by atoms with Crippen molar-refractivity contribution in [3.8, 4) is 17.2 Å². The maximum Gasteiger partial charge on any atom is 0.355 e. The van der Waals surface area contributed by atoms with Crippen LogP contribution >= 0.6 is 27.7 Å². The number of hydrogen-bond donors (Lipinski definition) is 0. The predicted molar refractivity (Wildman–Crippen MR) is 86.4 cm³/mol. The fourth-order valence-electron chi connectivity index (χ4n) is 2.24. The topological polar surface area (TPSA) is 55.0 Å². The number of rotatable bonds is 3. The van der Waals surface area contributed by atoms with Crippen LogP contribution in [0.2, 0.25) is 0 Å². The fraction of sp³-hybridized carbons (Fsp3) is 0.200. The number of esters is 1. The third kappa shape index (κ3) is 2.71. The zero-order valence-electron chi connectivity index (χ0n) is 11.8. The van der Waals surface area contributed by atoms with Crippen molar-refractivity contribution in [1.82, 2.24) is 4.57 Å². The number of benzene rings is 1. The number of nitriles is 1. The van der Waals surface area contributed by atoms with E-state index >= 15 is 0 Å². The van der Waals surface area contributed by atoms with Gasteiger partial charge in [0.25, 0.3) is 0 Å². The SMILES string of the molecule is COC(=O)c1c(-c2ccc(Br)cc2)c(C#N)c(SC)n1C. The summed E-state index contributed by atoms with van der Waals surface area (Å²) in [5, 5.41) is 10.2. The first-order chi connectivity index (χ1) is 10.0. The Morgan fingerprint density at radius 1 is 1.38 bits per heavy atom. The summed E-state index contributed by atoms with van der Waals surface area (Å²) < 4.78 is 7.52. The standard InChI is InChI=1S/C15H13BrN2O2S/c1-18-13(15(19)20-2)12(11(8-17)14(18)21-3)9-4-6-10(16)7-5-9/h4-7H,1-3H3. The average molecular weight is 365 g/mol. The highest BCUT2D eigenvalue weighted by Gasteiger charge is 2.26. The Kier molecular flexibility index (Phi) is 4.76. The van der Waals surface area contributed by atoms with Crippen LogP contribution in [-0.4, -0.2) is 23.9 Å². The Balaban J connectivity index is 2.82. The van der Waals surface area contributed by atoms with Crippen LogP contribution < -0.4 is 0 Å². The lowest BCUT2D eigenvalue weighted by Gasteiger charge is -2.06. The lowest BCUT2D eigenvalue weighted by molar-refractivity contribution is 0.0590. The lowest BCUT2D eigenvalue weighted by Crippen LogP contribution is -2.09. The fourth-order valence-corrected chi connectivity index (χ4v) is 3.22. The average Bonchev–Trinajstić information content (AvgIpc) is 2.79. The summed E-state index contributed by atoms with van der Waals surface area (Å²) in [6, 6.07) is 9.71. The van der Waals surface area contributed by atoms with Crippen LogP contribution in [0.5, 0.6) is 0 Å². The third-order valence-corrected chi connectivity index (χ3v) is 4.55. The number of aromatic nitrogens is 1. The second-order valence-corrected chi connectivity index (χ2v) is 5.99. The Labute approximate surface area is 135 Å². The molecule has 21 heavy (non-hydrogen) atoms. The van der Waals surface area contributed by atoms with Gasteiger partial charge in [-0.2, -0.15) is 5.26 Å². The molecule has 0 aliphatic heterocycles. The second-order valence-electron chi connectivity index (χ2n) is 4.28. The van der Waals surface area contributed by atoms with Gasteiger partial charge >= 0.3 is 5.97 Å². The quantitative estimate of drug-likeness (QED) is 0.613. The van der Waals surface area contributed by atoms with Gasteiger partial charge in [-0.15, -0.1) is 11.8 Å². The molecule has 1 heterocycles. The van der Waals surface area contributed by atoms with Crippen molar-refractivity contribution in [2.45, 2.75) is 5.03 Å². The van der Waals surface area contributed by atoms with Crippen LogP contribution in [0.4, 0.5) is 0 Å². The third-order valence-electron chi connectivity index (χ3n) is 3.16. The summed E-state index contributed by atoms with van der Waals surface area (Å²) in [6.45, 7) is 0. The van der Waals surface area contributed by atoms with E-state index in [1.54, 1.807) is 11.6 Å². The summed E-state index contributed by atoms with van der Waals surface area (Å²) >= 11 is 4.81. The van der Waals surface area contributed by atoms with Crippen molar-refractivity contribution in [2.24, 2.45) is 7.05 Å². The first kappa shape index (κ1) is 15.7. The van der Waals surface area contributed by atoms with Gasteiger partial charge in [-0.3, -0.25) is 0 Å². The Hall–Kier alpha value is -1.71. The second kappa shape index (κ2) is 6.37. The molecule has 0 saturated carbocycles. The molecule has 1 aromatic carbocycles. The number of carbonyl (C=O) groups is 1. The van der Waals surface area contributed by atoms with E-state index in [1.807, 2.05) is 30.5 Å². The molecule has 6 heteroatoms. The minimum absolute atomic E-state index is 0.390. The summed E-state index contributed by atoms with van der Waals surface area (Å²) in [5.41, 5.74) is 2.31. The van der Waals surface area contributed by atoms with Crippen LogP contribution in [0, 0.1) is 11.3 Å². The molecule has 0 N–H and O–H groups in total. The van der Waals surface area contributed by atoms with Crippen LogP contribution in [0.25, 0.3) is 11.1 Å². The van der Waals surface area contributed by atoms with Gasteiger partial charge in [0, 0.05) is 17.1 Å². The summed E-state index contributed by atoms with van der Waals surface area (Å²) in [7, 11) is 3.10. The van der Waals surface area contributed by atoms with Crippen LogP contribution in [-0.2, 0) is 11.8 Å². The molecule has 1 aromatic heterocycles. The smallest absolute Gasteiger partial charge is 0.355 e. The molecule has 0 aliphatic carbocycles. The number of thioether (sulfide) groups is 1. The molecule has 0 unspecified atom stereocenters. The zero-order chi connectivity index (χ0) is 15.6. The molecule has 4 nitrogen and oxygen atoms in total. The highest BCUT2D eigenvalue weighted by molar-refractivity contribution is 9.10. The van der Waals surface area contributed by atoms with Gasteiger partial charge in [0.15, 0.2) is 0 Å². The van der Waals surface area contributed by atoms with Gasteiger partial charge in [0.1, 0.15) is 11.8 Å². The molecular weight excluding hydrogens is 352 g/mol. The van der Waals surface area contributed by atoms with E-state index in [-0.39, 0.29) is 0 Å². The van der Waals surface area contributed by atoms with Gasteiger partial charge in [-0.1, -0.05) is 28.1 Å². The van der Waals surface area contributed by atoms with Crippen LogP contribution in [0.1, 0.15) is 16.1 Å². The highest BCUT2D eigenvalue weighted by Crippen LogP contribution is 2.36. The van der Waals surface area contributed by atoms with E-state index in [9.17, 15) is 10.1 Å². The number of ether oxygens (including phenoxy) is 1. The largest absolute Gasteiger partial charge is 0.464 e. The lowest BCUT2D eigenvalue weighted by atomic mass is 10.0. The summed E-state index contributed by atoms with van der Waals surface area (Å²) in [4.78, 5) is 12.1. The minimum Gasteiger partial charge on any atom is -0.464 e. The van der Waals surface area contributed by atoms with Crippen molar-refractivity contribution in [1.29, 1.82) is 5.26 Å². The van der Waals surface area contributed by atoms with E-state index < -0.39 is 5.97 Å². The van der Waals surface area contributed by atoms with E-state index in [2.05, 4.69) is 22.0 Å². The summed E-state index contributed by atoms with van der Waals surface area (Å²) in [6.07, 6.45) is 1.88. The molecule has 108 valence electrons. The van der Waals surface area contributed by atoms with Crippen LogP contribution in [0.3, 0.4) is 0 Å². The van der Waals surface area contributed by atoms with E-state index in [0.29, 0.717) is 16.8 Å².